The summed E-state index contributed by atoms with van der Waals surface area (Å²) in [5, 5.41) is 5.68. The number of hydrogen-bond donors (Lipinski definition) is 1. The molecule has 7 heteroatoms. The number of nitrogens with zero attached hydrogens (tertiary/aromatic N) is 2. The molecule has 108 valence electrons. The van der Waals surface area contributed by atoms with Crippen LogP contribution in [0.2, 0.25) is 0 Å². The van der Waals surface area contributed by atoms with E-state index in [9.17, 15) is 13.2 Å². The minimum atomic E-state index is -4.38. The molecule has 2 aromatic rings. The molecule has 2 rings (SSSR count). The van der Waals surface area contributed by atoms with Crippen LogP contribution in [-0.2, 0) is 12.6 Å². The normalized spacial score (nSPS) is 13.4. The number of hydrogen-bond acceptors (Lipinski definition) is 4. The van der Waals surface area contributed by atoms with Gasteiger partial charge < -0.3 is 5.32 Å². The second-order valence-electron chi connectivity index (χ2n) is 4.36. The first-order valence-corrected chi connectivity index (χ1v) is 6.89. The maximum atomic E-state index is 13.0. The van der Waals surface area contributed by atoms with Crippen molar-refractivity contribution in [3.63, 3.8) is 0 Å². The fourth-order valence-corrected chi connectivity index (χ4v) is 2.65. The van der Waals surface area contributed by atoms with Crippen LogP contribution in [0.1, 0.15) is 27.9 Å². The van der Waals surface area contributed by atoms with Crippen LogP contribution >= 0.6 is 11.3 Å². The Hall–Kier alpha value is -1.47. The molecular weight excluding hydrogens is 287 g/mol. The van der Waals surface area contributed by atoms with Crippen molar-refractivity contribution in [2.45, 2.75) is 25.6 Å². The van der Waals surface area contributed by atoms with Gasteiger partial charge in [-0.3, -0.25) is 4.98 Å². The molecule has 20 heavy (non-hydrogen) atoms. The molecule has 0 aliphatic rings. The van der Waals surface area contributed by atoms with Crippen molar-refractivity contribution >= 4 is 11.3 Å². The van der Waals surface area contributed by atoms with Gasteiger partial charge in [-0.25, -0.2) is 4.98 Å². The molecule has 1 atom stereocenters. The Labute approximate surface area is 118 Å². The Kier molecular flexibility index (Phi) is 4.39. The Morgan fingerprint density at radius 2 is 2.15 bits per heavy atom. The van der Waals surface area contributed by atoms with Crippen LogP contribution in [0.4, 0.5) is 13.2 Å². The van der Waals surface area contributed by atoms with Crippen LogP contribution in [0, 0.1) is 6.92 Å². The number of rotatable bonds is 4. The monoisotopic (exact) mass is 301 g/mol. The van der Waals surface area contributed by atoms with Crippen molar-refractivity contribution in [1.82, 2.24) is 15.3 Å². The fraction of sp³-hybridized carbons (Fsp3) is 0.385. The summed E-state index contributed by atoms with van der Waals surface area (Å²) in [7, 11) is 1.64. The predicted octanol–water partition coefficient (Wildman–Crippen LogP) is 3.37. The third-order valence-electron chi connectivity index (χ3n) is 2.96. The van der Waals surface area contributed by atoms with Gasteiger partial charge in [-0.1, -0.05) is 0 Å². The molecule has 1 N–H and O–H groups in total. The number of nitrogens with one attached hydrogen (secondary N) is 1. The number of pyridine rings is 1. The zero-order chi connectivity index (χ0) is 14.8. The molecule has 0 saturated heterocycles. The smallest absolute Gasteiger partial charge is 0.313 e. The maximum absolute atomic E-state index is 13.0. The maximum Gasteiger partial charge on any atom is 0.416 e. The lowest BCUT2D eigenvalue weighted by Crippen LogP contribution is -2.23. The van der Waals surface area contributed by atoms with Gasteiger partial charge in [0.15, 0.2) is 0 Å². The summed E-state index contributed by atoms with van der Waals surface area (Å²) < 4.78 is 39.1. The van der Waals surface area contributed by atoms with E-state index in [-0.39, 0.29) is 5.56 Å². The van der Waals surface area contributed by atoms with Crippen LogP contribution in [0.5, 0.6) is 0 Å². The summed E-state index contributed by atoms with van der Waals surface area (Å²) in [6.45, 7) is 1.87. The summed E-state index contributed by atoms with van der Waals surface area (Å²) in [6.07, 6.45) is -1.56. The fourth-order valence-electron chi connectivity index (χ4n) is 2.02. The van der Waals surface area contributed by atoms with E-state index in [2.05, 4.69) is 15.3 Å². The summed E-state index contributed by atoms with van der Waals surface area (Å²) in [5.74, 6) is 0. The number of aromatic nitrogens is 2. The molecule has 0 fully saturated rings. The van der Waals surface area contributed by atoms with Gasteiger partial charge in [0.1, 0.15) is 0 Å². The highest BCUT2D eigenvalue weighted by Crippen LogP contribution is 2.34. The van der Waals surface area contributed by atoms with Crippen molar-refractivity contribution < 1.29 is 13.2 Å². The summed E-state index contributed by atoms with van der Waals surface area (Å²) >= 11 is 1.49. The topological polar surface area (TPSA) is 37.8 Å². The molecular formula is C13H14F3N3S. The highest BCUT2D eigenvalue weighted by atomic mass is 32.1. The molecule has 0 radical (unpaired) electrons. The molecule has 3 nitrogen and oxygen atoms in total. The number of alkyl halides is 3. The molecule has 0 spiro atoms. The molecule has 0 amide bonds. The van der Waals surface area contributed by atoms with E-state index in [4.69, 9.17) is 0 Å². The van der Waals surface area contributed by atoms with E-state index in [0.29, 0.717) is 6.42 Å². The standard InChI is InChI=1S/C13H14F3N3S/c1-8-19-9(7-20-8)5-12(17-2)10-6-18-4-3-11(10)13(14,15)16/h3-4,6-7,12,17H,5H2,1-2H3. The first kappa shape index (κ1) is 14.9. The predicted molar refractivity (Wildman–Crippen MR) is 71.6 cm³/mol. The van der Waals surface area contributed by atoms with Crippen LogP contribution in [0.25, 0.3) is 0 Å². The second-order valence-corrected chi connectivity index (χ2v) is 5.43. The van der Waals surface area contributed by atoms with Crippen molar-refractivity contribution in [3.05, 3.63) is 45.7 Å². The summed E-state index contributed by atoms with van der Waals surface area (Å²) in [4.78, 5) is 8.11. The van der Waals surface area contributed by atoms with E-state index < -0.39 is 17.8 Å². The minimum Gasteiger partial charge on any atom is -0.313 e. The van der Waals surface area contributed by atoms with E-state index >= 15 is 0 Å². The summed E-state index contributed by atoms with van der Waals surface area (Å²) in [5.41, 5.74) is 0.274. The lowest BCUT2D eigenvalue weighted by atomic mass is 9.99. The van der Waals surface area contributed by atoms with E-state index in [0.717, 1.165) is 23.0 Å². The SMILES string of the molecule is CNC(Cc1csc(C)n1)c1cnccc1C(F)(F)F. The molecule has 0 aliphatic carbocycles. The molecule has 1 unspecified atom stereocenters. The van der Waals surface area contributed by atoms with Gasteiger partial charge in [-0.05, 0) is 25.6 Å². The first-order chi connectivity index (χ1) is 9.41. The van der Waals surface area contributed by atoms with E-state index in [1.165, 1.54) is 17.5 Å². The van der Waals surface area contributed by atoms with Crippen molar-refractivity contribution in [2.75, 3.05) is 7.05 Å². The highest BCUT2D eigenvalue weighted by molar-refractivity contribution is 7.09. The highest BCUT2D eigenvalue weighted by Gasteiger charge is 2.35. The average Bonchev–Trinajstić information content (AvgIpc) is 2.80. The molecule has 2 aromatic heterocycles. The Morgan fingerprint density at radius 1 is 1.40 bits per heavy atom. The van der Waals surface area contributed by atoms with Crippen LogP contribution in [-0.4, -0.2) is 17.0 Å². The van der Waals surface area contributed by atoms with Gasteiger partial charge in [-0.2, -0.15) is 13.2 Å². The lowest BCUT2D eigenvalue weighted by molar-refractivity contribution is -0.138. The van der Waals surface area contributed by atoms with Gasteiger partial charge in [0.05, 0.1) is 16.3 Å². The molecule has 0 aromatic carbocycles. The molecule has 2 heterocycles. The van der Waals surface area contributed by atoms with Crippen molar-refractivity contribution in [3.8, 4) is 0 Å². The largest absolute Gasteiger partial charge is 0.416 e. The molecule has 0 saturated carbocycles. The van der Waals surface area contributed by atoms with Gasteiger partial charge in [0.2, 0.25) is 0 Å². The summed E-state index contributed by atoms with van der Waals surface area (Å²) in [6, 6.07) is 0.535. The van der Waals surface area contributed by atoms with E-state index in [1.807, 2.05) is 12.3 Å². The Balaban J connectivity index is 2.32. The van der Waals surface area contributed by atoms with Crippen molar-refractivity contribution in [1.29, 1.82) is 0 Å². The van der Waals surface area contributed by atoms with Gasteiger partial charge in [-0.15, -0.1) is 11.3 Å². The van der Waals surface area contributed by atoms with Gasteiger partial charge >= 0.3 is 6.18 Å². The third kappa shape index (κ3) is 3.34. The number of halogens is 3. The number of aryl methyl sites for hydroxylation is 1. The lowest BCUT2D eigenvalue weighted by Gasteiger charge is -2.20. The Bertz CT molecular complexity index is 580. The minimum absolute atomic E-state index is 0.146. The third-order valence-corrected chi connectivity index (χ3v) is 3.78. The Morgan fingerprint density at radius 3 is 2.70 bits per heavy atom. The van der Waals surface area contributed by atoms with E-state index in [1.54, 1.807) is 7.05 Å². The van der Waals surface area contributed by atoms with Crippen LogP contribution in [0.3, 0.4) is 0 Å². The number of likely N-dealkylation sites (N-methyl/N-ethyl adjacent to an activating group) is 1. The zero-order valence-corrected chi connectivity index (χ0v) is 11.8. The second kappa shape index (κ2) is 5.88. The van der Waals surface area contributed by atoms with Gasteiger partial charge in [0.25, 0.3) is 0 Å². The molecule has 0 bridgehead atoms. The quantitative estimate of drug-likeness (QED) is 0.941. The van der Waals surface area contributed by atoms with Crippen LogP contribution < -0.4 is 5.32 Å². The van der Waals surface area contributed by atoms with Gasteiger partial charge in [0, 0.05) is 30.2 Å². The number of thiazole rings is 1. The average molecular weight is 301 g/mol. The zero-order valence-electron chi connectivity index (χ0n) is 11.0. The molecule has 0 aliphatic heterocycles. The van der Waals surface area contributed by atoms with Crippen molar-refractivity contribution in [2.24, 2.45) is 0 Å². The first-order valence-electron chi connectivity index (χ1n) is 6.01. The van der Waals surface area contributed by atoms with Crippen LogP contribution in [0.15, 0.2) is 23.8 Å².